The normalized spacial score (nSPS) is 13.6. The molecule has 0 radical (unpaired) electrons. The first-order valence-electron chi connectivity index (χ1n) is 10.3. The summed E-state index contributed by atoms with van der Waals surface area (Å²) in [5, 5.41) is 1.02. The summed E-state index contributed by atoms with van der Waals surface area (Å²) < 4.78 is 1.77. The fourth-order valence-corrected chi connectivity index (χ4v) is 4.11. The Morgan fingerprint density at radius 2 is 1.93 bits per heavy atom. The van der Waals surface area contributed by atoms with Crippen LogP contribution < -0.4 is 16.2 Å². The van der Waals surface area contributed by atoms with Gasteiger partial charge in [0.25, 0.3) is 11.5 Å². The van der Waals surface area contributed by atoms with Crippen LogP contribution in [0.4, 0.5) is 5.69 Å². The maximum absolute atomic E-state index is 13.3. The Bertz CT molecular complexity index is 1130. The largest absolute Gasteiger partial charge is 0.330 e. The van der Waals surface area contributed by atoms with E-state index in [2.05, 4.69) is 0 Å². The zero-order chi connectivity index (χ0) is 20.5. The zero-order valence-electron chi connectivity index (χ0n) is 17.0. The fourth-order valence-electron chi connectivity index (χ4n) is 4.11. The number of carbonyl (C=O) groups is 1. The number of aryl methyl sites for hydroxylation is 1. The Balaban J connectivity index is 1.78. The fraction of sp³-hybridized carbons (Fsp3) is 0.333. The topological polar surface area (TPSA) is 68.3 Å². The Morgan fingerprint density at radius 3 is 2.62 bits per heavy atom. The van der Waals surface area contributed by atoms with Crippen LogP contribution in [0.15, 0.2) is 53.3 Å². The average molecular weight is 389 g/mol. The van der Waals surface area contributed by atoms with E-state index in [9.17, 15) is 9.59 Å². The molecule has 0 saturated heterocycles. The number of fused-ring (bicyclic) bond motifs is 1. The molecule has 5 nitrogen and oxygen atoms in total. The van der Waals surface area contributed by atoms with E-state index >= 15 is 0 Å². The van der Waals surface area contributed by atoms with Crippen LogP contribution in [-0.2, 0) is 13.0 Å². The van der Waals surface area contributed by atoms with Crippen molar-refractivity contribution in [2.24, 2.45) is 5.73 Å². The summed E-state index contributed by atoms with van der Waals surface area (Å²) in [6, 6.07) is 15.3. The summed E-state index contributed by atoms with van der Waals surface area (Å²) in [4.78, 5) is 27.5. The van der Waals surface area contributed by atoms with Gasteiger partial charge in [-0.15, -0.1) is 0 Å². The molecule has 150 valence electrons. The number of aromatic nitrogens is 1. The smallest absolute Gasteiger partial charge is 0.258 e. The van der Waals surface area contributed by atoms with Crippen molar-refractivity contribution < 1.29 is 4.79 Å². The number of nitrogens with two attached hydrogens (primary N) is 1. The number of para-hydroxylation sites is 1. The van der Waals surface area contributed by atoms with Gasteiger partial charge < -0.3 is 15.2 Å². The third-order valence-electron chi connectivity index (χ3n) is 5.79. The molecule has 1 aromatic heterocycles. The number of anilines is 1. The van der Waals surface area contributed by atoms with E-state index in [1.54, 1.807) is 22.6 Å². The molecule has 2 aromatic carbocycles. The molecular formula is C24H27N3O2. The quantitative estimate of drug-likeness (QED) is 0.699. The number of hydrogen-bond acceptors (Lipinski definition) is 3. The number of benzene rings is 2. The van der Waals surface area contributed by atoms with E-state index in [1.807, 2.05) is 49.4 Å². The predicted molar refractivity (Wildman–Crippen MR) is 118 cm³/mol. The van der Waals surface area contributed by atoms with Crippen molar-refractivity contribution in [2.75, 3.05) is 18.5 Å². The number of hydrogen-bond donors (Lipinski definition) is 1. The van der Waals surface area contributed by atoms with Gasteiger partial charge in [0, 0.05) is 36.3 Å². The summed E-state index contributed by atoms with van der Waals surface area (Å²) in [5.74, 6) is 0.373. The van der Waals surface area contributed by atoms with Crippen LogP contribution in [0.1, 0.15) is 47.2 Å². The molecule has 5 heteroatoms. The second-order valence-electron chi connectivity index (χ2n) is 7.72. The van der Waals surface area contributed by atoms with Crippen molar-refractivity contribution in [3.63, 3.8) is 0 Å². The Hall–Kier alpha value is -2.92. The van der Waals surface area contributed by atoms with Gasteiger partial charge in [0.2, 0.25) is 0 Å². The number of carbonyl (C=O) groups excluding carboxylic acids is 1. The molecule has 1 saturated carbocycles. The molecule has 0 atom stereocenters. The minimum atomic E-state index is -0.0626. The van der Waals surface area contributed by atoms with Crippen molar-refractivity contribution >= 4 is 22.5 Å². The number of rotatable bonds is 6. The van der Waals surface area contributed by atoms with Crippen molar-refractivity contribution in [3.05, 3.63) is 75.6 Å². The van der Waals surface area contributed by atoms with Gasteiger partial charge in [-0.05, 0) is 74.0 Å². The predicted octanol–water partition coefficient (Wildman–Crippen LogP) is 3.68. The van der Waals surface area contributed by atoms with Gasteiger partial charge in [-0.1, -0.05) is 18.2 Å². The van der Waals surface area contributed by atoms with Crippen molar-refractivity contribution in [2.45, 2.75) is 38.6 Å². The lowest BCUT2D eigenvalue weighted by Gasteiger charge is -2.21. The standard InChI is InChI=1S/C24H27N3O2/c1-3-27-22-11-10-18(14-20(22)19(15-23(27)28)16-8-9-16)24(29)26(2)21-7-5-4-6-17(21)12-13-25/h4-7,10-11,14-16H,3,8-9,12-13,25H2,1-2H3. The summed E-state index contributed by atoms with van der Waals surface area (Å²) in [5.41, 5.74) is 10.3. The molecule has 1 amide bonds. The lowest BCUT2D eigenvalue weighted by atomic mass is 10.0. The van der Waals surface area contributed by atoms with Crippen LogP contribution >= 0.6 is 0 Å². The highest BCUT2D eigenvalue weighted by atomic mass is 16.2. The zero-order valence-corrected chi connectivity index (χ0v) is 17.0. The molecule has 0 aliphatic heterocycles. The van der Waals surface area contributed by atoms with Gasteiger partial charge in [0.1, 0.15) is 0 Å². The molecule has 2 N–H and O–H groups in total. The third-order valence-corrected chi connectivity index (χ3v) is 5.79. The Labute approximate surface area is 170 Å². The van der Waals surface area contributed by atoms with Crippen LogP contribution in [0.5, 0.6) is 0 Å². The molecule has 29 heavy (non-hydrogen) atoms. The molecule has 0 bridgehead atoms. The molecule has 0 spiro atoms. The molecular weight excluding hydrogens is 362 g/mol. The van der Waals surface area contributed by atoms with Gasteiger partial charge in [0.05, 0.1) is 5.52 Å². The third kappa shape index (κ3) is 3.58. The SMILES string of the molecule is CCn1c(=O)cc(C2CC2)c2cc(C(=O)N(C)c3ccccc3CCN)ccc21. The lowest BCUT2D eigenvalue weighted by Crippen LogP contribution is -2.28. The minimum Gasteiger partial charge on any atom is -0.330 e. The van der Waals surface area contributed by atoms with Gasteiger partial charge in [0.15, 0.2) is 0 Å². The second kappa shape index (κ2) is 7.84. The Kier molecular flexibility index (Phi) is 5.24. The van der Waals surface area contributed by atoms with Crippen LogP contribution in [0.2, 0.25) is 0 Å². The molecule has 4 rings (SSSR count). The van der Waals surface area contributed by atoms with Gasteiger partial charge in [-0.3, -0.25) is 9.59 Å². The summed E-state index contributed by atoms with van der Waals surface area (Å²) >= 11 is 0. The maximum Gasteiger partial charge on any atom is 0.258 e. The van der Waals surface area contributed by atoms with Gasteiger partial charge in [-0.2, -0.15) is 0 Å². The van der Waals surface area contributed by atoms with E-state index in [1.165, 1.54) is 0 Å². The first-order chi connectivity index (χ1) is 14.0. The molecule has 3 aromatic rings. The van der Waals surface area contributed by atoms with Crippen LogP contribution in [-0.4, -0.2) is 24.1 Å². The highest BCUT2D eigenvalue weighted by molar-refractivity contribution is 6.08. The van der Waals surface area contributed by atoms with Crippen LogP contribution in [0, 0.1) is 0 Å². The molecule has 1 fully saturated rings. The minimum absolute atomic E-state index is 0.0359. The first-order valence-corrected chi connectivity index (χ1v) is 10.3. The molecule has 1 aliphatic rings. The highest BCUT2D eigenvalue weighted by Crippen LogP contribution is 2.42. The molecule has 0 unspecified atom stereocenters. The molecule has 1 heterocycles. The van der Waals surface area contributed by atoms with E-state index in [0.29, 0.717) is 24.6 Å². The second-order valence-corrected chi connectivity index (χ2v) is 7.72. The molecule has 1 aliphatic carbocycles. The van der Waals surface area contributed by atoms with Crippen molar-refractivity contribution in [3.8, 4) is 0 Å². The summed E-state index contributed by atoms with van der Waals surface area (Å²) in [6.07, 6.45) is 2.94. The van der Waals surface area contributed by atoms with E-state index in [-0.39, 0.29) is 11.5 Å². The summed E-state index contributed by atoms with van der Waals surface area (Å²) in [7, 11) is 1.80. The van der Waals surface area contributed by atoms with Gasteiger partial charge >= 0.3 is 0 Å². The Morgan fingerprint density at radius 1 is 1.17 bits per heavy atom. The van der Waals surface area contributed by atoms with E-state index in [0.717, 1.165) is 47.0 Å². The monoisotopic (exact) mass is 389 g/mol. The van der Waals surface area contributed by atoms with Gasteiger partial charge in [-0.25, -0.2) is 0 Å². The van der Waals surface area contributed by atoms with Crippen molar-refractivity contribution in [1.29, 1.82) is 0 Å². The highest BCUT2D eigenvalue weighted by Gasteiger charge is 2.27. The van der Waals surface area contributed by atoms with Crippen LogP contribution in [0.25, 0.3) is 10.9 Å². The average Bonchev–Trinajstić information content (AvgIpc) is 3.58. The number of nitrogens with zero attached hydrogens (tertiary/aromatic N) is 2. The van der Waals surface area contributed by atoms with E-state index < -0.39 is 0 Å². The maximum atomic E-state index is 13.3. The van der Waals surface area contributed by atoms with Crippen LogP contribution in [0.3, 0.4) is 0 Å². The lowest BCUT2D eigenvalue weighted by molar-refractivity contribution is 0.0993. The number of amides is 1. The van der Waals surface area contributed by atoms with Crippen molar-refractivity contribution in [1.82, 2.24) is 4.57 Å². The van der Waals surface area contributed by atoms with E-state index in [4.69, 9.17) is 5.73 Å². The summed E-state index contributed by atoms with van der Waals surface area (Å²) in [6.45, 7) is 3.12. The number of pyridine rings is 1. The first kappa shape index (κ1) is 19.4.